The number of carbonyl (C=O) groups is 3. The quantitative estimate of drug-likeness (QED) is 0.213. The van der Waals surface area contributed by atoms with Gasteiger partial charge < -0.3 is 34.8 Å². The zero-order valence-corrected chi connectivity index (χ0v) is 31.6. The second kappa shape index (κ2) is 19.9. The fourth-order valence-corrected chi connectivity index (χ4v) is 7.45. The molecule has 1 saturated heterocycles. The number of amides is 3. The van der Waals surface area contributed by atoms with Gasteiger partial charge in [0.25, 0.3) is 0 Å². The first-order chi connectivity index (χ1) is 22.7. The number of nitrogens with zero attached hydrogens (tertiary/aromatic N) is 3. The zero-order valence-electron chi connectivity index (χ0n) is 31.6. The fourth-order valence-electron chi connectivity index (χ4n) is 7.45. The van der Waals surface area contributed by atoms with Gasteiger partial charge in [-0.1, -0.05) is 78.0 Å². The van der Waals surface area contributed by atoms with Crippen LogP contribution in [-0.2, 0) is 30.3 Å². The SMILES string of the molecule is C=C(NCC(=O)N(C)C([C@@H](C)CC)[C@@H](CC(=O)N1CCC[C@H]1[C@H](OC)[C@@H](C)C(=O)N[C@H](C)Cc1ccccc1)OC)C(C(C)C)N(C)C. The third-order valence-electron chi connectivity index (χ3n) is 10.1. The van der Waals surface area contributed by atoms with E-state index in [4.69, 9.17) is 9.47 Å². The second-order valence-corrected chi connectivity index (χ2v) is 14.3. The molecule has 10 heteroatoms. The minimum atomic E-state index is -0.503. The molecule has 2 rings (SSSR count). The second-order valence-electron chi connectivity index (χ2n) is 14.3. The first-order valence-electron chi connectivity index (χ1n) is 17.7. The summed E-state index contributed by atoms with van der Waals surface area (Å²) in [4.78, 5) is 46.6. The van der Waals surface area contributed by atoms with Crippen molar-refractivity contribution in [1.29, 1.82) is 0 Å². The van der Waals surface area contributed by atoms with Gasteiger partial charge >= 0.3 is 0 Å². The Morgan fingerprint density at radius 1 is 1.02 bits per heavy atom. The Morgan fingerprint density at radius 3 is 2.21 bits per heavy atom. The average Bonchev–Trinajstić information content (AvgIpc) is 3.53. The van der Waals surface area contributed by atoms with E-state index >= 15 is 0 Å². The van der Waals surface area contributed by atoms with E-state index in [1.54, 1.807) is 26.2 Å². The Morgan fingerprint density at radius 2 is 1.67 bits per heavy atom. The van der Waals surface area contributed by atoms with Gasteiger partial charge in [0.15, 0.2) is 0 Å². The normalized spacial score (nSPS) is 19.3. The van der Waals surface area contributed by atoms with Crippen molar-refractivity contribution in [2.24, 2.45) is 17.8 Å². The molecule has 0 bridgehead atoms. The largest absolute Gasteiger partial charge is 0.379 e. The molecule has 10 nitrogen and oxygen atoms in total. The third-order valence-corrected chi connectivity index (χ3v) is 10.1. The molecular weight excluding hydrogens is 606 g/mol. The topological polar surface area (TPSA) is 103 Å². The summed E-state index contributed by atoms with van der Waals surface area (Å²) in [5, 5.41) is 6.41. The molecule has 1 aromatic rings. The maximum Gasteiger partial charge on any atom is 0.241 e. The third kappa shape index (κ3) is 11.3. The maximum atomic E-state index is 14.0. The molecule has 2 unspecified atom stereocenters. The summed E-state index contributed by atoms with van der Waals surface area (Å²) in [5.74, 6) is -0.255. The number of nitrogens with one attached hydrogen (secondary N) is 2. The zero-order chi connectivity index (χ0) is 36.1. The molecular formula is C38H65N5O5. The van der Waals surface area contributed by atoms with Gasteiger partial charge in [0.05, 0.1) is 49.2 Å². The van der Waals surface area contributed by atoms with Crippen molar-refractivity contribution >= 4 is 17.7 Å². The number of rotatable bonds is 20. The van der Waals surface area contributed by atoms with Crippen molar-refractivity contribution in [3.05, 3.63) is 48.2 Å². The minimum Gasteiger partial charge on any atom is -0.379 e. The van der Waals surface area contributed by atoms with Gasteiger partial charge in [-0.2, -0.15) is 0 Å². The number of hydrogen-bond donors (Lipinski definition) is 2. The Bertz CT molecular complexity index is 1150. The number of ether oxygens (including phenoxy) is 2. The predicted octanol–water partition coefficient (Wildman–Crippen LogP) is 4.34. The van der Waals surface area contributed by atoms with E-state index in [2.05, 4.69) is 61.9 Å². The lowest BCUT2D eigenvalue weighted by Gasteiger charge is -2.39. The number of carbonyl (C=O) groups excluding carboxylic acids is 3. The molecule has 0 aliphatic carbocycles. The molecule has 0 spiro atoms. The molecule has 8 atom stereocenters. The van der Waals surface area contributed by atoms with E-state index < -0.39 is 18.1 Å². The highest BCUT2D eigenvalue weighted by atomic mass is 16.5. The van der Waals surface area contributed by atoms with E-state index in [1.165, 1.54) is 0 Å². The fraction of sp³-hybridized carbons (Fsp3) is 0.711. The number of hydrogen-bond acceptors (Lipinski definition) is 7. The van der Waals surface area contributed by atoms with Crippen LogP contribution in [-0.4, -0.2) is 117 Å². The van der Waals surface area contributed by atoms with E-state index in [0.29, 0.717) is 12.5 Å². The highest BCUT2D eigenvalue weighted by Crippen LogP contribution is 2.29. The van der Waals surface area contributed by atoms with Crippen LogP contribution in [0.15, 0.2) is 42.6 Å². The highest BCUT2D eigenvalue weighted by molar-refractivity contribution is 5.81. The van der Waals surface area contributed by atoms with Gasteiger partial charge in [-0.25, -0.2) is 0 Å². The Labute approximate surface area is 291 Å². The summed E-state index contributed by atoms with van der Waals surface area (Å²) in [5.41, 5.74) is 1.96. The van der Waals surface area contributed by atoms with Crippen molar-refractivity contribution in [3.8, 4) is 0 Å². The smallest absolute Gasteiger partial charge is 0.241 e. The average molecular weight is 672 g/mol. The molecule has 1 aromatic carbocycles. The predicted molar refractivity (Wildman–Crippen MR) is 193 cm³/mol. The first kappa shape index (κ1) is 41.2. The van der Waals surface area contributed by atoms with Crippen molar-refractivity contribution in [3.63, 3.8) is 0 Å². The lowest BCUT2D eigenvalue weighted by Crippen LogP contribution is -2.54. The van der Waals surface area contributed by atoms with Gasteiger partial charge in [0, 0.05) is 39.6 Å². The lowest BCUT2D eigenvalue weighted by molar-refractivity contribution is -0.145. The van der Waals surface area contributed by atoms with Crippen molar-refractivity contribution < 1.29 is 23.9 Å². The van der Waals surface area contributed by atoms with Crippen LogP contribution in [0.1, 0.15) is 72.8 Å². The first-order valence-corrected chi connectivity index (χ1v) is 17.7. The standard InChI is InChI=1S/C38H65N5O5/c1-13-26(4)36(42(10)34(45)24-39-29(7)35(25(2)3)41(8)9)32(47-11)23-33(44)43-21-17-20-31(43)37(48-12)28(6)38(46)40-27(5)22-30-18-15-14-16-19-30/h14-16,18-19,25-28,31-32,35-37,39H,7,13,17,20-24H2,1-6,8-12H3,(H,40,46)/t26-,27+,28+,31-,32+,35?,36?,37+/m0/s1. The Balaban J connectivity index is 2.13. The van der Waals surface area contributed by atoms with E-state index in [-0.39, 0.29) is 60.8 Å². The molecule has 0 radical (unpaired) electrons. The lowest BCUT2D eigenvalue weighted by atomic mass is 9.90. The number of benzene rings is 1. The van der Waals surface area contributed by atoms with Crippen molar-refractivity contribution in [2.45, 2.75) is 110 Å². The maximum absolute atomic E-state index is 14.0. The van der Waals surface area contributed by atoms with Gasteiger partial charge in [0.2, 0.25) is 17.7 Å². The monoisotopic (exact) mass is 671 g/mol. The molecule has 48 heavy (non-hydrogen) atoms. The summed E-state index contributed by atoms with van der Waals surface area (Å²) in [6.45, 7) is 17.2. The number of likely N-dealkylation sites (N-methyl/N-ethyl adjacent to an activating group) is 2. The molecule has 1 heterocycles. The minimum absolute atomic E-state index is 0.0429. The van der Waals surface area contributed by atoms with Crippen LogP contribution in [0.5, 0.6) is 0 Å². The number of methoxy groups -OCH3 is 2. The van der Waals surface area contributed by atoms with Crippen LogP contribution in [0.4, 0.5) is 0 Å². The van der Waals surface area contributed by atoms with E-state index in [9.17, 15) is 14.4 Å². The van der Waals surface area contributed by atoms with Gasteiger partial charge in [-0.3, -0.25) is 14.4 Å². The molecule has 1 aliphatic rings. The van der Waals surface area contributed by atoms with Gasteiger partial charge in [-0.05, 0) is 57.7 Å². The van der Waals surface area contributed by atoms with E-state index in [0.717, 1.165) is 36.9 Å². The molecule has 272 valence electrons. The van der Waals surface area contributed by atoms with Crippen molar-refractivity contribution in [1.82, 2.24) is 25.3 Å². The van der Waals surface area contributed by atoms with Gasteiger partial charge in [0.1, 0.15) is 0 Å². The van der Waals surface area contributed by atoms with Crippen molar-refractivity contribution in [2.75, 3.05) is 48.5 Å². The van der Waals surface area contributed by atoms with Crippen LogP contribution in [0.3, 0.4) is 0 Å². The molecule has 1 aliphatic heterocycles. The summed E-state index contributed by atoms with van der Waals surface area (Å²) in [7, 11) is 9.04. The molecule has 0 aromatic heterocycles. The summed E-state index contributed by atoms with van der Waals surface area (Å²) in [6.07, 6.45) is 2.31. The molecule has 2 N–H and O–H groups in total. The highest BCUT2D eigenvalue weighted by Gasteiger charge is 2.42. The summed E-state index contributed by atoms with van der Waals surface area (Å²) in [6, 6.07) is 9.60. The van der Waals surface area contributed by atoms with Crippen LogP contribution < -0.4 is 10.6 Å². The number of likely N-dealkylation sites (tertiary alicyclic amines) is 1. The summed E-state index contributed by atoms with van der Waals surface area (Å²) < 4.78 is 11.9. The molecule has 0 saturated carbocycles. The summed E-state index contributed by atoms with van der Waals surface area (Å²) >= 11 is 0. The van der Waals surface area contributed by atoms with Crippen LogP contribution in [0.25, 0.3) is 0 Å². The van der Waals surface area contributed by atoms with Crippen LogP contribution in [0, 0.1) is 17.8 Å². The van der Waals surface area contributed by atoms with Gasteiger partial charge in [-0.15, -0.1) is 0 Å². The molecule has 1 fully saturated rings. The Hall–Kier alpha value is -2.95. The van der Waals surface area contributed by atoms with E-state index in [1.807, 2.05) is 51.0 Å². The molecule has 3 amide bonds. The van der Waals surface area contributed by atoms with Crippen LogP contribution >= 0.6 is 0 Å². The van der Waals surface area contributed by atoms with Crippen LogP contribution in [0.2, 0.25) is 0 Å². The Kier molecular flexibility index (Phi) is 17.1.